The molecule has 19 heavy (non-hydrogen) atoms. The highest BCUT2D eigenvalue weighted by atomic mass is 19.1. The normalized spacial score (nSPS) is 28.6. The molecule has 1 unspecified atom stereocenters. The molecule has 2 fully saturated rings. The van der Waals surface area contributed by atoms with Gasteiger partial charge in [-0.25, -0.2) is 4.39 Å². The van der Waals surface area contributed by atoms with Crippen molar-refractivity contribution in [1.82, 2.24) is 10.2 Å². The number of hydrogen-bond acceptors (Lipinski definition) is 2. The van der Waals surface area contributed by atoms with Gasteiger partial charge in [0.15, 0.2) is 0 Å². The summed E-state index contributed by atoms with van der Waals surface area (Å²) in [6, 6.07) is 5.14. The lowest BCUT2D eigenvalue weighted by atomic mass is 9.90. The van der Waals surface area contributed by atoms with E-state index in [2.05, 4.69) is 24.1 Å². The molecular formula is C16H23FN2. The van der Waals surface area contributed by atoms with Crippen molar-refractivity contribution in [3.05, 3.63) is 35.1 Å². The zero-order chi connectivity index (χ0) is 13.5. The Balaban J connectivity index is 1.82. The Hall–Kier alpha value is -0.930. The van der Waals surface area contributed by atoms with E-state index in [4.69, 9.17) is 0 Å². The minimum atomic E-state index is -0.121. The largest absolute Gasteiger partial charge is 0.314 e. The first-order chi connectivity index (χ1) is 9.09. The second-order valence-electron chi connectivity index (χ2n) is 6.30. The predicted octanol–water partition coefficient (Wildman–Crippen LogP) is 2.71. The van der Waals surface area contributed by atoms with Crippen molar-refractivity contribution in [2.75, 3.05) is 19.6 Å². The lowest BCUT2D eigenvalue weighted by Gasteiger charge is -2.46. The van der Waals surface area contributed by atoms with Crippen molar-refractivity contribution in [2.45, 2.75) is 38.8 Å². The molecule has 1 saturated carbocycles. The van der Waals surface area contributed by atoms with E-state index in [1.807, 2.05) is 6.07 Å². The molecule has 1 aromatic rings. The molecule has 104 valence electrons. The van der Waals surface area contributed by atoms with Gasteiger partial charge in [-0.05, 0) is 55.9 Å². The van der Waals surface area contributed by atoms with E-state index in [1.54, 1.807) is 12.1 Å². The minimum Gasteiger partial charge on any atom is -0.314 e. The SMILES string of the molecule is Cc1ccc(F)cc1CN1CCNCC1(C)C1CC1. The van der Waals surface area contributed by atoms with Gasteiger partial charge in [0, 0.05) is 31.7 Å². The van der Waals surface area contributed by atoms with Crippen LogP contribution in [0.25, 0.3) is 0 Å². The fourth-order valence-corrected chi connectivity index (χ4v) is 3.31. The third-order valence-corrected chi connectivity index (χ3v) is 4.89. The van der Waals surface area contributed by atoms with Crippen LogP contribution in [0.5, 0.6) is 0 Å². The Morgan fingerprint density at radius 1 is 1.42 bits per heavy atom. The number of aryl methyl sites for hydroxylation is 1. The summed E-state index contributed by atoms with van der Waals surface area (Å²) < 4.78 is 13.4. The van der Waals surface area contributed by atoms with E-state index in [0.717, 1.165) is 37.7 Å². The van der Waals surface area contributed by atoms with Gasteiger partial charge in [0.1, 0.15) is 5.82 Å². The van der Waals surface area contributed by atoms with E-state index in [9.17, 15) is 4.39 Å². The lowest BCUT2D eigenvalue weighted by molar-refractivity contribution is 0.0482. The van der Waals surface area contributed by atoms with Gasteiger partial charge in [-0.1, -0.05) is 6.07 Å². The van der Waals surface area contributed by atoms with Crippen molar-refractivity contribution in [3.8, 4) is 0 Å². The highest BCUT2D eigenvalue weighted by Crippen LogP contribution is 2.44. The average molecular weight is 262 g/mol. The van der Waals surface area contributed by atoms with Gasteiger partial charge in [0.2, 0.25) is 0 Å². The molecular weight excluding hydrogens is 239 g/mol. The summed E-state index contributed by atoms with van der Waals surface area (Å²) in [5.41, 5.74) is 2.57. The number of nitrogens with one attached hydrogen (secondary N) is 1. The highest BCUT2D eigenvalue weighted by molar-refractivity contribution is 5.27. The summed E-state index contributed by atoms with van der Waals surface area (Å²) in [5.74, 6) is 0.693. The van der Waals surface area contributed by atoms with E-state index in [0.29, 0.717) is 0 Å². The number of hydrogen-bond donors (Lipinski definition) is 1. The molecule has 0 radical (unpaired) electrons. The molecule has 1 aliphatic carbocycles. The number of halogens is 1. The Morgan fingerprint density at radius 3 is 2.95 bits per heavy atom. The molecule has 2 nitrogen and oxygen atoms in total. The molecule has 2 aliphatic rings. The minimum absolute atomic E-state index is 0.121. The summed E-state index contributed by atoms with van der Waals surface area (Å²) in [7, 11) is 0. The van der Waals surface area contributed by atoms with Crippen LogP contribution in [0.3, 0.4) is 0 Å². The van der Waals surface area contributed by atoms with Gasteiger partial charge in [-0.2, -0.15) is 0 Å². The second kappa shape index (κ2) is 4.88. The first-order valence-corrected chi connectivity index (χ1v) is 7.30. The predicted molar refractivity (Wildman–Crippen MR) is 75.5 cm³/mol. The van der Waals surface area contributed by atoms with E-state index in [1.165, 1.54) is 18.4 Å². The van der Waals surface area contributed by atoms with E-state index < -0.39 is 0 Å². The zero-order valence-electron chi connectivity index (χ0n) is 11.9. The van der Waals surface area contributed by atoms with E-state index in [-0.39, 0.29) is 11.4 Å². The fourth-order valence-electron chi connectivity index (χ4n) is 3.31. The molecule has 0 bridgehead atoms. The number of benzene rings is 1. The van der Waals surface area contributed by atoms with Gasteiger partial charge in [-0.15, -0.1) is 0 Å². The fraction of sp³-hybridized carbons (Fsp3) is 0.625. The van der Waals surface area contributed by atoms with Gasteiger partial charge in [0.05, 0.1) is 0 Å². The van der Waals surface area contributed by atoms with Crippen LogP contribution < -0.4 is 5.32 Å². The van der Waals surface area contributed by atoms with Crippen LogP contribution in [0.2, 0.25) is 0 Å². The van der Waals surface area contributed by atoms with Crippen molar-refractivity contribution in [2.24, 2.45) is 5.92 Å². The molecule has 1 aromatic carbocycles. The third-order valence-electron chi connectivity index (χ3n) is 4.89. The lowest BCUT2D eigenvalue weighted by Crippen LogP contribution is -2.60. The van der Waals surface area contributed by atoms with Crippen molar-refractivity contribution in [3.63, 3.8) is 0 Å². The standard InChI is InChI=1S/C16H23FN2/c1-12-3-6-15(17)9-13(12)10-19-8-7-18-11-16(19,2)14-4-5-14/h3,6,9,14,18H,4-5,7-8,10-11H2,1-2H3. The van der Waals surface area contributed by atoms with Crippen molar-refractivity contribution >= 4 is 0 Å². The van der Waals surface area contributed by atoms with Crippen LogP contribution in [0.4, 0.5) is 4.39 Å². The van der Waals surface area contributed by atoms with Crippen LogP contribution in [0.1, 0.15) is 30.9 Å². The Bertz CT molecular complexity index is 470. The van der Waals surface area contributed by atoms with Crippen LogP contribution in [0, 0.1) is 18.7 Å². The van der Waals surface area contributed by atoms with Crippen molar-refractivity contribution in [1.29, 1.82) is 0 Å². The number of piperazine rings is 1. The summed E-state index contributed by atoms with van der Waals surface area (Å²) in [5, 5.41) is 3.52. The summed E-state index contributed by atoms with van der Waals surface area (Å²) >= 11 is 0. The molecule has 0 spiro atoms. The van der Waals surface area contributed by atoms with Crippen LogP contribution in [-0.4, -0.2) is 30.1 Å². The molecule has 0 aromatic heterocycles. The van der Waals surface area contributed by atoms with Gasteiger partial charge < -0.3 is 5.32 Å². The zero-order valence-corrected chi connectivity index (χ0v) is 11.9. The molecule has 1 aliphatic heterocycles. The average Bonchev–Trinajstić information content (AvgIpc) is 3.21. The van der Waals surface area contributed by atoms with Gasteiger partial charge >= 0.3 is 0 Å². The molecule has 1 heterocycles. The Kier molecular flexibility index (Phi) is 3.35. The second-order valence-corrected chi connectivity index (χ2v) is 6.30. The molecule has 3 rings (SSSR count). The topological polar surface area (TPSA) is 15.3 Å². The molecule has 1 N–H and O–H groups in total. The first-order valence-electron chi connectivity index (χ1n) is 7.30. The first kappa shape index (κ1) is 13.1. The maximum atomic E-state index is 13.4. The molecule has 3 heteroatoms. The Labute approximate surface area is 115 Å². The van der Waals surface area contributed by atoms with E-state index >= 15 is 0 Å². The highest BCUT2D eigenvalue weighted by Gasteiger charge is 2.46. The monoisotopic (exact) mass is 262 g/mol. The number of nitrogens with zero attached hydrogens (tertiary/aromatic N) is 1. The van der Waals surface area contributed by atoms with Crippen LogP contribution in [-0.2, 0) is 6.54 Å². The maximum absolute atomic E-state index is 13.4. The van der Waals surface area contributed by atoms with Crippen LogP contribution >= 0.6 is 0 Å². The molecule has 0 amide bonds. The Morgan fingerprint density at radius 2 is 2.21 bits per heavy atom. The molecule has 1 atom stereocenters. The summed E-state index contributed by atoms with van der Waals surface area (Å²) in [6.07, 6.45) is 2.69. The summed E-state index contributed by atoms with van der Waals surface area (Å²) in [6.45, 7) is 8.47. The molecule has 1 saturated heterocycles. The maximum Gasteiger partial charge on any atom is 0.123 e. The number of rotatable bonds is 3. The summed E-state index contributed by atoms with van der Waals surface area (Å²) in [4.78, 5) is 2.56. The van der Waals surface area contributed by atoms with Crippen LogP contribution in [0.15, 0.2) is 18.2 Å². The van der Waals surface area contributed by atoms with Gasteiger partial charge in [0.25, 0.3) is 0 Å². The van der Waals surface area contributed by atoms with Gasteiger partial charge in [-0.3, -0.25) is 4.90 Å². The quantitative estimate of drug-likeness (QED) is 0.901. The van der Waals surface area contributed by atoms with Crippen molar-refractivity contribution < 1.29 is 4.39 Å². The third kappa shape index (κ3) is 2.54. The smallest absolute Gasteiger partial charge is 0.123 e.